The number of hydrogen-bond acceptors (Lipinski definition) is 5. The van der Waals surface area contributed by atoms with Gasteiger partial charge in [0, 0.05) is 19.3 Å². The molecule has 0 spiro atoms. The highest BCUT2D eigenvalue weighted by atomic mass is 16.4. The van der Waals surface area contributed by atoms with Crippen LogP contribution in [0.4, 0.5) is 0 Å². The average molecular weight is 344 g/mol. The van der Waals surface area contributed by atoms with Crippen molar-refractivity contribution in [2.45, 2.75) is 96.2 Å². The molecule has 140 valence electrons. The van der Waals surface area contributed by atoms with Gasteiger partial charge in [-0.3, -0.25) is 14.4 Å². The molecule has 2 unspecified atom stereocenters. The van der Waals surface area contributed by atoms with Gasteiger partial charge < -0.3 is 15.3 Å². The number of carbonyl (C=O) groups is 3. The maximum atomic E-state index is 11.7. The molecule has 0 aromatic carbocycles. The lowest BCUT2D eigenvalue weighted by Crippen LogP contribution is -2.24. The Labute approximate surface area is 144 Å². The first kappa shape index (κ1) is 22.7. The Hall–Kier alpha value is -1.27. The van der Waals surface area contributed by atoms with Crippen molar-refractivity contribution < 1.29 is 29.7 Å². The quantitative estimate of drug-likeness (QED) is 0.293. The van der Waals surface area contributed by atoms with Gasteiger partial charge in [0.25, 0.3) is 0 Å². The number of Topliss-reactive ketones (excluding diaryl/α,β-unsaturated/α-hetero) is 2. The monoisotopic (exact) mass is 344 g/mol. The molecule has 0 bridgehead atoms. The van der Waals surface area contributed by atoms with E-state index in [-0.39, 0.29) is 30.8 Å². The van der Waals surface area contributed by atoms with Crippen molar-refractivity contribution in [2.75, 3.05) is 0 Å². The molecule has 0 saturated carbocycles. The topological polar surface area (TPSA) is 112 Å². The zero-order valence-corrected chi connectivity index (χ0v) is 14.7. The summed E-state index contributed by atoms with van der Waals surface area (Å²) in [5.41, 5.74) is 0. The summed E-state index contributed by atoms with van der Waals surface area (Å²) < 4.78 is 0. The van der Waals surface area contributed by atoms with Crippen molar-refractivity contribution in [2.24, 2.45) is 0 Å². The van der Waals surface area contributed by atoms with E-state index >= 15 is 0 Å². The van der Waals surface area contributed by atoms with E-state index in [1.54, 1.807) is 6.92 Å². The van der Waals surface area contributed by atoms with Crippen molar-refractivity contribution >= 4 is 17.5 Å². The molecule has 0 aliphatic heterocycles. The fourth-order valence-electron chi connectivity index (χ4n) is 2.47. The third-order valence-corrected chi connectivity index (χ3v) is 4.12. The lowest BCUT2D eigenvalue weighted by atomic mass is 10.0. The lowest BCUT2D eigenvalue weighted by Gasteiger charge is -2.15. The van der Waals surface area contributed by atoms with E-state index in [0.29, 0.717) is 38.5 Å². The van der Waals surface area contributed by atoms with Crippen molar-refractivity contribution in [3.05, 3.63) is 0 Å². The van der Waals surface area contributed by atoms with Crippen LogP contribution in [-0.4, -0.2) is 45.1 Å². The highest BCUT2D eigenvalue weighted by Gasteiger charge is 2.15. The number of rotatable bonds is 16. The second-order valence-corrected chi connectivity index (χ2v) is 6.30. The standard InChI is InChI=1S/C18H32O6/c1-2-14(19)15(20)11-8-9-12-17(22)16(21)10-6-4-3-5-7-13-18(23)24/h14-15,19-20H,2-13H2,1H3,(H,23,24). The summed E-state index contributed by atoms with van der Waals surface area (Å²) in [6.07, 6.45) is 5.12. The smallest absolute Gasteiger partial charge is 0.303 e. The van der Waals surface area contributed by atoms with Gasteiger partial charge in [-0.2, -0.15) is 0 Å². The van der Waals surface area contributed by atoms with Crippen molar-refractivity contribution in [1.82, 2.24) is 0 Å². The Morgan fingerprint density at radius 3 is 1.67 bits per heavy atom. The Morgan fingerprint density at radius 2 is 1.17 bits per heavy atom. The minimum absolute atomic E-state index is 0.182. The Kier molecular flexibility index (Phi) is 13.4. The van der Waals surface area contributed by atoms with Gasteiger partial charge in [0.05, 0.1) is 12.2 Å². The normalized spacial score (nSPS) is 13.5. The second kappa shape index (κ2) is 14.1. The van der Waals surface area contributed by atoms with Gasteiger partial charge in [-0.15, -0.1) is 0 Å². The highest BCUT2D eigenvalue weighted by Crippen LogP contribution is 2.11. The van der Waals surface area contributed by atoms with Crippen LogP contribution in [0.25, 0.3) is 0 Å². The molecule has 0 fully saturated rings. The van der Waals surface area contributed by atoms with Crippen LogP contribution in [0.2, 0.25) is 0 Å². The van der Waals surface area contributed by atoms with Gasteiger partial charge in [0.2, 0.25) is 0 Å². The first-order chi connectivity index (χ1) is 11.4. The molecule has 2 atom stereocenters. The number of aliphatic carboxylic acids is 1. The summed E-state index contributed by atoms with van der Waals surface area (Å²) in [5.74, 6) is -1.48. The van der Waals surface area contributed by atoms with Crippen LogP contribution in [0, 0.1) is 0 Å². The molecule has 24 heavy (non-hydrogen) atoms. The minimum Gasteiger partial charge on any atom is -0.481 e. The Balaban J connectivity index is 3.60. The average Bonchev–Trinajstić information content (AvgIpc) is 2.55. The lowest BCUT2D eigenvalue weighted by molar-refractivity contribution is -0.137. The van der Waals surface area contributed by atoms with Crippen LogP contribution in [0.15, 0.2) is 0 Å². The van der Waals surface area contributed by atoms with Crippen LogP contribution in [0.5, 0.6) is 0 Å². The number of carbonyl (C=O) groups excluding carboxylic acids is 2. The van der Waals surface area contributed by atoms with Crippen molar-refractivity contribution in [3.8, 4) is 0 Å². The molecule has 6 heteroatoms. The van der Waals surface area contributed by atoms with Gasteiger partial charge in [-0.05, 0) is 32.1 Å². The maximum Gasteiger partial charge on any atom is 0.303 e. The molecule has 0 radical (unpaired) electrons. The number of aliphatic hydroxyl groups is 2. The highest BCUT2D eigenvalue weighted by molar-refractivity contribution is 6.37. The number of ketones is 2. The van der Waals surface area contributed by atoms with Crippen LogP contribution < -0.4 is 0 Å². The van der Waals surface area contributed by atoms with E-state index < -0.39 is 18.2 Å². The molecule has 0 aliphatic rings. The Morgan fingerprint density at radius 1 is 0.708 bits per heavy atom. The largest absolute Gasteiger partial charge is 0.481 e. The fourth-order valence-corrected chi connectivity index (χ4v) is 2.47. The minimum atomic E-state index is -0.785. The van der Waals surface area contributed by atoms with Crippen molar-refractivity contribution in [1.29, 1.82) is 0 Å². The first-order valence-electron chi connectivity index (χ1n) is 9.02. The zero-order valence-electron chi connectivity index (χ0n) is 14.7. The molecule has 0 aliphatic carbocycles. The molecule has 0 amide bonds. The van der Waals surface area contributed by atoms with Crippen LogP contribution in [0.1, 0.15) is 84.0 Å². The summed E-state index contributed by atoms with van der Waals surface area (Å²) in [6.45, 7) is 1.79. The summed E-state index contributed by atoms with van der Waals surface area (Å²) >= 11 is 0. The summed E-state index contributed by atoms with van der Waals surface area (Å²) in [6, 6.07) is 0. The second-order valence-electron chi connectivity index (χ2n) is 6.30. The molecule has 0 heterocycles. The first-order valence-corrected chi connectivity index (χ1v) is 9.02. The van der Waals surface area contributed by atoms with Crippen molar-refractivity contribution in [3.63, 3.8) is 0 Å². The van der Waals surface area contributed by atoms with E-state index in [1.807, 2.05) is 0 Å². The molecule has 0 aromatic heterocycles. The van der Waals surface area contributed by atoms with Crippen LogP contribution in [-0.2, 0) is 14.4 Å². The molecular formula is C18H32O6. The SMILES string of the molecule is CCC(O)C(O)CCCCC(=O)C(=O)CCCCCCCC(=O)O. The van der Waals surface area contributed by atoms with Crippen LogP contribution >= 0.6 is 0 Å². The third-order valence-electron chi connectivity index (χ3n) is 4.12. The zero-order chi connectivity index (χ0) is 18.4. The van der Waals surface area contributed by atoms with Gasteiger partial charge in [0.1, 0.15) is 0 Å². The molecule has 0 rings (SSSR count). The van der Waals surface area contributed by atoms with E-state index in [4.69, 9.17) is 5.11 Å². The number of carboxylic acids is 1. The van der Waals surface area contributed by atoms with Gasteiger partial charge in [-0.25, -0.2) is 0 Å². The predicted molar refractivity (Wildman–Crippen MR) is 90.7 cm³/mol. The summed E-state index contributed by atoms with van der Waals surface area (Å²) in [7, 11) is 0. The summed E-state index contributed by atoms with van der Waals surface area (Å²) in [5, 5.41) is 27.5. The molecule has 3 N–H and O–H groups in total. The molecular weight excluding hydrogens is 312 g/mol. The van der Waals surface area contributed by atoms with Crippen LogP contribution in [0.3, 0.4) is 0 Å². The molecule has 6 nitrogen and oxygen atoms in total. The number of unbranched alkanes of at least 4 members (excludes halogenated alkanes) is 5. The number of aliphatic hydroxyl groups excluding tert-OH is 2. The third kappa shape index (κ3) is 12.2. The van der Waals surface area contributed by atoms with E-state index in [9.17, 15) is 24.6 Å². The summed E-state index contributed by atoms with van der Waals surface area (Å²) in [4.78, 5) is 33.7. The van der Waals surface area contributed by atoms with E-state index in [2.05, 4.69) is 0 Å². The van der Waals surface area contributed by atoms with Gasteiger partial charge in [-0.1, -0.05) is 32.6 Å². The predicted octanol–water partition coefficient (Wildman–Crippen LogP) is 2.63. The van der Waals surface area contributed by atoms with E-state index in [1.165, 1.54) is 0 Å². The maximum absolute atomic E-state index is 11.7. The van der Waals surface area contributed by atoms with Gasteiger partial charge in [0.15, 0.2) is 11.6 Å². The van der Waals surface area contributed by atoms with E-state index in [0.717, 1.165) is 19.3 Å². The van der Waals surface area contributed by atoms with Gasteiger partial charge >= 0.3 is 5.97 Å². The molecule has 0 aromatic rings. The number of carboxylic acid groups (broad SMARTS) is 1. The number of hydrogen-bond donors (Lipinski definition) is 3. The molecule has 0 saturated heterocycles. The fraction of sp³-hybridized carbons (Fsp3) is 0.833. The Bertz CT molecular complexity index is 380.